The summed E-state index contributed by atoms with van der Waals surface area (Å²) in [7, 11) is 0. The van der Waals surface area contributed by atoms with Gasteiger partial charge in [0.2, 0.25) is 6.10 Å². The topological polar surface area (TPSA) is 64.3 Å². The van der Waals surface area contributed by atoms with E-state index in [1.807, 2.05) is 55.5 Å². The van der Waals surface area contributed by atoms with Gasteiger partial charge in [-0.05, 0) is 30.5 Å². The SMILES string of the molecule is CC(C)c1cccc(OC(C(=O)N[C@@H](C)CN)c2ccccc2)c1. The molecule has 0 aliphatic rings. The van der Waals surface area contributed by atoms with E-state index in [9.17, 15) is 4.79 Å². The van der Waals surface area contributed by atoms with E-state index in [1.165, 1.54) is 5.56 Å². The molecule has 0 spiro atoms. The predicted molar refractivity (Wildman–Crippen MR) is 97.0 cm³/mol. The first-order valence-electron chi connectivity index (χ1n) is 8.33. The minimum absolute atomic E-state index is 0.102. The van der Waals surface area contributed by atoms with Gasteiger partial charge in [0.25, 0.3) is 5.91 Å². The lowest BCUT2D eigenvalue weighted by Gasteiger charge is -2.22. The summed E-state index contributed by atoms with van der Waals surface area (Å²) in [4.78, 5) is 12.6. The fourth-order valence-corrected chi connectivity index (χ4v) is 2.36. The van der Waals surface area contributed by atoms with E-state index in [0.717, 1.165) is 5.56 Å². The van der Waals surface area contributed by atoms with Crippen LogP contribution in [-0.4, -0.2) is 18.5 Å². The maximum absolute atomic E-state index is 12.6. The van der Waals surface area contributed by atoms with Crippen LogP contribution in [-0.2, 0) is 4.79 Å². The molecule has 0 aliphatic carbocycles. The molecule has 4 nitrogen and oxygen atoms in total. The molecular weight excluding hydrogens is 300 g/mol. The van der Waals surface area contributed by atoms with Crippen molar-refractivity contribution >= 4 is 5.91 Å². The van der Waals surface area contributed by atoms with Gasteiger partial charge in [0.1, 0.15) is 5.75 Å². The Bertz CT molecular complexity index is 656. The molecule has 1 unspecified atom stereocenters. The summed E-state index contributed by atoms with van der Waals surface area (Å²) >= 11 is 0. The molecule has 2 aromatic rings. The van der Waals surface area contributed by atoms with E-state index < -0.39 is 6.10 Å². The van der Waals surface area contributed by atoms with Gasteiger partial charge in [-0.25, -0.2) is 0 Å². The minimum Gasteiger partial charge on any atom is -0.476 e. The average molecular weight is 326 g/mol. The highest BCUT2D eigenvalue weighted by Gasteiger charge is 2.23. The molecule has 2 aromatic carbocycles. The summed E-state index contributed by atoms with van der Waals surface area (Å²) < 4.78 is 6.05. The van der Waals surface area contributed by atoms with Gasteiger partial charge in [0, 0.05) is 18.2 Å². The molecule has 0 aliphatic heterocycles. The Hall–Kier alpha value is -2.33. The van der Waals surface area contributed by atoms with Crippen LogP contribution in [0.4, 0.5) is 0 Å². The van der Waals surface area contributed by atoms with Crippen molar-refractivity contribution in [2.75, 3.05) is 6.54 Å². The molecular formula is C20H26N2O2. The number of benzene rings is 2. The maximum Gasteiger partial charge on any atom is 0.266 e. The van der Waals surface area contributed by atoms with Crippen LogP contribution in [0.15, 0.2) is 54.6 Å². The Morgan fingerprint density at radius 1 is 1.04 bits per heavy atom. The van der Waals surface area contributed by atoms with E-state index in [4.69, 9.17) is 10.5 Å². The van der Waals surface area contributed by atoms with Crippen LogP contribution in [0, 0.1) is 0 Å². The van der Waals surface area contributed by atoms with E-state index >= 15 is 0 Å². The molecule has 2 rings (SSSR count). The van der Waals surface area contributed by atoms with Gasteiger partial charge >= 0.3 is 0 Å². The Morgan fingerprint density at radius 2 is 1.71 bits per heavy atom. The molecule has 24 heavy (non-hydrogen) atoms. The maximum atomic E-state index is 12.6. The molecule has 0 bridgehead atoms. The first-order chi connectivity index (χ1) is 11.5. The van der Waals surface area contributed by atoms with Gasteiger partial charge in [-0.2, -0.15) is 0 Å². The third kappa shape index (κ3) is 4.83. The third-order valence-corrected chi connectivity index (χ3v) is 3.86. The average Bonchev–Trinajstić information content (AvgIpc) is 2.60. The molecule has 0 fully saturated rings. The lowest BCUT2D eigenvalue weighted by molar-refractivity contribution is -0.128. The molecule has 3 N–H and O–H groups in total. The molecule has 1 amide bonds. The number of hydrogen-bond donors (Lipinski definition) is 2. The number of nitrogens with two attached hydrogens (primary N) is 1. The van der Waals surface area contributed by atoms with Crippen molar-refractivity contribution in [2.24, 2.45) is 5.73 Å². The van der Waals surface area contributed by atoms with E-state index in [2.05, 4.69) is 25.2 Å². The highest BCUT2D eigenvalue weighted by Crippen LogP contribution is 2.25. The summed E-state index contributed by atoms with van der Waals surface area (Å²) in [5, 5.41) is 2.90. The Balaban J connectivity index is 2.26. The first-order valence-corrected chi connectivity index (χ1v) is 8.33. The summed E-state index contributed by atoms with van der Waals surface area (Å²) in [5.41, 5.74) is 7.60. The van der Waals surface area contributed by atoms with Crippen LogP contribution >= 0.6 is 0 Å². The number of ether oxygens (including phenoxy) is 1. The monoisotopic (exact) mass is 326 g/mol. The smallest absolute Gasteiger partial charge is 0.266 e. The van der Waals surface area contributed by atoms with E-state index in [1.54, 1.807) is 0 Å². The third-order valence-electron chi connectivity index (χ3n) is 3.86. The highest BCUT2D eigenvalue weighted by atomic mass is 16.5. The molecule has 0 aromatic heterocycles. The second-order valence-electron chi connectivity index (χ2n) is 6.28. The normalized spacial score (nSPS) is 13.4. The molecule has 0 heterocycles. The van der Waals surface area contributed by atoms with E-state index in [0.29, 0.717) is 18.2 Å². The van der Waals surface area contributed by atoms with Crippen LogP contribution in [0.3, 0.4) is 0 Å². The van der Waals surface area contributed by atoms with Crippen LogP contribution in [0.5, 0.6) is 5.75 Å². The molecule has 4 heteroatoms. The summed E-state index contributed by atoms with van der Waals surface area (Å²) in [5.74, 6) is 0.898. The fourth-order valence-electron chi connectivity index (χ4n) is 2.36. The lowest BCUT2D eigenvalue weighted by Crippen LogP contribution is -2.41. The van der Waals surface area contributed by atoms with Gasteiger partial charge in [-0.1, -0.05) is 56.3 Å². The van der Waals surface area contributed by atoms with Crippen molar-refractivity contribution in [1.82, 2.24) is 5.32 Å². The zero-order chi connectivity index (χ0) is 17.5. The molecule has 0 radical (unpaired) electrons. The van der Waals surface area contributed by atoms with Crippen molar-refractivity contribution in [3.8, 4) is 5.75 Å². The Morgan fingerprint density at radius 3 is 2.33 bits per heavy atom. The van der Waals surface area contributed by atoms with Crippen molar-refractivity contribution in [3.63, 3.8) is 0 Å². The predicted octanol–water partition coefficient (Wildman–Crippen LogP) is 3.39. The lowest BCUT2D eigenvalue weighted by atomic mass is 10.0. The van der Waals surface area contributed by atoms with Gasteiger partial charge in [0.15, 0.2) is 0 Å². The van der Waals surface area contributed by atoms with Gasteiger partial charge < -0.3 is 15.8 Å². The Kier molecular flexibility index (Phi) is 6.38. The van der Waals surface area contributed by atoms with Gasteiger partial charge in [-0.15, -0.1) is 0 Å². The number of carbonyl (C=O) groups excluding carboxylic acids is 1. The van der Waals surface area contributed by atoms with Crippen molar-refractivity contribution in [3.05, 3.63) is 65.7 Å². The largest absolute Gasteiger partial charge is 0.476 e. The number of carbonyl (C=O) groups is 1. The van der Waals surface area contributed by atoms with Crippen LogP contribution in [0.1, 0.15) is 43.9 Å². The number of hydrogen-bond acceptors (Lipinski definition) is 3. The van der Waals surface area contributed by atoms with Gasteiger partial charge in [-0.3, -0.25) is 4.79 Å². The van der Waals surface area contributed by atoms with E-state index in [-0.39, 0.29) is 11.9 Å². The van der Waals surface area contributed by atoms with Crippen LogP contribution < -0.4 is 15.8 Å². The fraction of sp³-hybridized carbons (Fsp3) is 0.350. The number of rotatable bonds is 7. The second-order valence-corrected chi connectivity index (χ2v) is 6.28. The van der Waals surface area contributed by atoms with Crippen LogP contribution in [0.25, 0.3) is 0 Å². The highest BCUT2D eigenvalue weighted by molar-refractivity contribution is 5.82. The van der Waals surface area contributed by atoms with Gasteiger partial charge in [0.05, 0.1) is 0 Å². The summed E-state index contributed by atoms with van der Waals surface area (Å²) in [6.07, 6.45) is -0.706. The number of nitrogens with one attached hydrogen (secondary N) is 1. The minimum atomic E-state index is -0.706. The second kappa shape index (κ2) is 8.50. The Labute approximate surface area is 144 Å². The molecule has 0 saturated heterocycles. The van der Waals surface area contributed by atoms with Crippen LogP contribution in [0.2, 0.25) is 0 Å². The zero-order valence-electron chi connectivity index (χ0n) is 14.5. The van der Waals surface area contributed by atoms with Crippen molar-refractivity contribution in [1.29, 1.82) is 0 Å². The first kappa shape index (κ1) is 18.0. The summed E-state index contributed by atoms with van der Waals surface area (Å²) in [6, 6.07) is 17.3. The van der Waals surface area contributed by atoms with Crippen molar-refractivity contribution < 1.29 is 9.53 Å². The quantitative estimate of drug-likeness (QED) is 0.819. The molecule has 2 atom stereocenters. The molecule has 0 saturated carbocycles. The molecule has 128 valence electrons. The summed E-state index contributed by atoms with van der Waals surface area (Å²) in [6.45, 7) is 6.52. The zero-order valence-corrected chi connectivity index (χ0v) is 14.5. The standard InChI is InChI=1S/C20H26N2O2/c1-14(2)17-10-7-11-18(12-17)24-19(16-8-5-4-6-9-16)20(23)22-15(3)13-21/h4-12,14-15,19H,13,21H2,1-3H3,(H,22,23)/t15-,19?/m0/s1. The van der Waals surface area contributed by atoms with Crippen molar-refractivity contribution in [2.45, 2.75) is 38.8 Å². The number of amides is 1.